The van der Waals surface area contributed by atoms with Crippen molar-refractivity contribution < 1.29 is 13.2 Å². The molecule has 0 saturated carbocycles. The maximum atomic E-state index is 12.5. The van der Waals surface area contributed by atoms with E-state index in [0.29, 0.717) is 5.56 Å². The highest BCUT2D eigenvalue weighted by molar-refractivity contribution is 14.1. The summed E-state index contributed by atoms with van der Waals surface area (Å²) < 4.78 is 37.6. The topological polar surface area (TPSA) is 0 Å². The molecular formula is C8H4BrClF3I. The zero-order valence-electron chi connectivity index (χ0n) is 6.63. The summed E-state index contributed by atoms with van der Waals surface area (Å²) >= 11 is 10.1. The molecule has 0 atom stereocenters. The van der Waals surface area contributed by atoms with Gasteiger partial charge in [-0.05, 0) is 40.3 Å². The fraction of sp³-hybridized carbons (Fsp3) is 0.250. The average Bonchev–Trinajstić information content (AvgIpc) is 1.99. The van der Waals surface area contributed by atoms with Crippen molar-refractivity contribution in [3.63, 3.8) is 0 Å². The highest BCUT2D eigenvalue weighted by Gasteiger charge is 2.35. The Morgan fingerprint density at radius 3 is 2.29 bits per heavy atom. The van der Waals surface area contributed by atoms with Crippen LogP contribution in [0.4, 0.5) is 13.2 Å². The Hall–Kier alpha value is 0.510. The summed E-state index contributed by atoms with van der Waals surface area (Å²) in [7, 11) is 0. The van der Waals surface area contributed by atoms with Crippen LogP contribution in [-0.2, 0) is 12.1 Å². The molecular weight excluding hydrogens is 395 g/mol. The highest BCUT2D eigenvalue weighted by Crippen LogP contribution is 2.38. The van der Waals surface area contributed by atoms with E-state index in [0.717, 1.165) is 0 Å². The van der Waals surface area contributed by atoms with Crippen LogP contribution in [0.2, 0.25) is 0 Å². The summed E-state index contributed by atoms with van der Waals surface area (Å²) in [6.45, 7) is 0. The normalized spacial score (nSPS) is 11.9. The maximum absolute atomic E-state index is 12.5. The molecule has 1 rings (SSSR count). The van der Waals surface area contributed by atoms with Crippen molar-refractivity contribution in [1.82, 2.24) is 0 Å². The van der Waals surface area contributed by atoms with Gasteiger partial charge < -0.3 is 0 Å². The number of hydrogen-bond acceptors (Lipinski definition) is 0. The van der Waals surface area contributed by atoms with Gasteiger partial charge in [0.05, 0.1) is 5.56 Å². The predicted molar refractivity (Wildman–Crippen MR) is 61.4 cm³/mol. The molecule has 78 valence electrons. The molecule has 0 saturated heterocycles. The quantitative estimate of drug-likeness (QED) is 0.470. The third kappa shape index (κ3) is 2.76. The van der Waals surface area contributed by atoms with E-state index in [2.05, 4.69) is 15.9 Å². The molecule has 0 N–H and O–H groups in total. The summed E-state index contributed by atoms with van der Waals surface area (Å²) in [4.78, 5) is 0. The number of hydrogen-bond donors (Lipinski definition) is 0. The van der Waals surface area contributed by atoms with E-state index in [4.69, 9.17) is 11.6 Å². The van der Waals surface area contributed by atoms with Crippen LogP contribution in [-0.4, -0.2) is 0 Å². The van der Waals surface area contributed by atoms with Gasteiger partial charge in [-0.1, -0.05) is 15.9 Å². The Kier molecular flexibility index (Phi) is 4.11. The molecule has 0 radical (unpaired) electrons. The lowest BCUT2D eigenvalue weighted by molar-refractivity contribution is -0.138. The van der Waals surface area contributed by atoms with Gasteiger partial charge in [-0.15, -0.1) is 11.6 Å². The van der Waals surface area contributed by atoms with Crippen LogP contribution in [0.25, 0.3) is 0 Å². The minimum absolute atomic E-state index is 0.0348. The molecule has 0 aliphatic rings. The molecule has 1 aromatic rings. The van der Waals surface area contributed by atoms with Crippen LogP contribution in [0.15, 0.2) is 16.6 Å². The van der Waals surface area contributed by atoms with Crippen molar-refractivity contribution >= 4 is 50.1 Å². The highest BCUT2D eigenvalue weighted by atomic mass is 127. The molecule has 0 spiro atoms. The second-order valence-electron chi connectivity index (χ2n) is 2.57. The fourth-order valence-corrected chi connectivity index (χ4v) is 3.23. The van der Waals surface area contributed by atoms with Crippen LogP contribution in [0.1, 0.15) is 11.1 Å². The van der Waals surface area contributed by atoms with Gasteiger partial charge in [-0.25, -0.2) is 0 Å². The van der Waals surface area contributed by atoms with Gasteiger partial charge in [0.1, 0.15) is 0 Å². The third-order valence-corrected chi connectivity index (χ3v) is 3.32. The number of rotatable bonds is 1. The van der Waals surface area contributed by atoms with Crippen molar-refractivity contribution in [2.24, 2.45) is 0 Å². The zero-order valence-corrected chi connectivity index (χ0v) is 11.1. The first-order chi connectivity index (χ1) is 6.36. The summed E-state index contributed by atoms with van der Waals surface area (Å²) in [6.07, 6.45) is -4.33. The largest absolute Gasteiger partial charge is 0.418 e. The van der Waals surface area contributed by atoms with E-state index >= 15 is 0 Å². The first-order valence-corrected chi connectivity index (χ1v) is 5.88. The standard InChI is InChI=1S/C8H4BrClF3I/c9-5-1-4(3-10)2-6(14)7(5)8(11,12)13/h1-2H,3H2. The van der Waals surface area contributed by atoms with Crippen molar-refractivity contribution in [1.29, 1.82) is 0 Å². The number of alkyl halides is 4. The molecule has 14 heavy (non-hydrogen) atoms. The SMILES string of the molecule is FC(F)(F)c1c(Br)cc(CCl)cc1I. The van der Waals surface area contributed by atoms with E-state index in [-0.39, 0.29) is 13.9 Å². The molecule has 0 bridgehead atoms. The van der Waals surface area contributed by atoms with Crippen LogP contribution in [0.5, 0.6) is 0 Å². The summed E-state index contributed by atoms with van der Waals surface area (Å²) in [6, 6.07) is 2.82. The smallest absolute Gasteiger partial charge is 0.166 e. The van der Waals surface area contributed by atoms with Gasteiger partial charge in [0.15, 0.2) is 0 Å². The van der Waals surface area contributed by atoms with Crippen LogP contribution in [0.3, 0.4) is 0 Å². The average molecular weight is 399 g/mol. The predicted octanol–water partition coefficient (Wildman–Crippen LogP) is 4.81. The lowest BCUT2D eigenvalue weighted by atomic mass is 10.1. The first kappa shape index (κ1) is 12.6. The minimum Gasteiger partial charge on any atom is -0.166 e. The number of benzene rings is 1. The lowest BCUT2D eigenvalue weighted by Crippen LogP contribution is -2.09. The Bertz CT molecular complexity index is 328. The molecule has 0 aromatic heterocycles. The van der Waals surface area contributed by atoms with E-state index < -0.39 is 11.7 Å². The molecule has 0 aliphatic heterocycles. The van der Waals surface area contributed by atoms with Crippen molar-refractivity contribution in [3.8, 4) is 0 Å². The van der Waals surface area contributed by atoms with Gasteiger partial charge in [0.25, 0.3) is 0 Å². The molecule has 0 heterocycles. The third-order valence-electron chi connectivity index (χ3n) is 1.54. The van der Waals surface area contributed by atoms with Crippen LogP contribution in [0, 0.1) is 3.57 Å². The molecule has 0 nitrogen and oxygen atoms in total. The van der Waals surface area contributed by atoms with Crippen molar-refractivity contribution in [2.45, 2.75) is 12.1 Å². The van der Waals surface area contributed by atoms with Gasteiger partial charge in [0, 0.05) is 13.9 Å². The zero-order chi connectivity index (χ0) is 10.9. The van der Waals surface area contributed by atoms with Gasteiger partial charge in [-0.3, -0.25) is 0 Å². The van der Waals surface area contributed by atoms with E-state index in [9.17, 15) is 13.2 Å². The molecule has 1 aromatic carbocycles. The van der Waals surface area contributed by atoms with Crippen LogP contribution < -0.4 is 0 Å². The van der Waals surface area contributed by atoms with Crippen molar-refractivity contribution in [2.75, 3.05) is 0 Å². The first-order valence-electron chi connectivity index (χ1n) is 3.47. The molecule has 0 amide bonds. The molecule has 0 fully saturated rings. The molecule has 0 aliphatic carbocycles. The molecule has 0 unspecified atom stereocenters. The lowest BCUT2D eigenvalue weighted by Gasteiger charge is -2.12. The van der Waals surface area contributed by atoms with Gasteiger partial charge in [0.2, 0.25) is 0 Å². The van der Waals surface area contributed by atoms with Crippen LogP contribution >= 0.6 is 50.1 Å². The van der Waals surface area contributed by atoms with E-state index in [1.165, 1.54) is 12.1 Å². The Morgan fingerprint density at radius 1 is 1.36 bits per heavy atom. The summed E-state index contributed by atoms with van der Waals surface area (Å²) in [5, 5.41) is 0. The fourth-order valence-electron chi connectivity index (χ4n) is 0.974. The Morgan fingerprint density at radius 2 is 1.93 bits per heavy atom. The Balaban J connectivity index is 3.33. The maximum Gasteiger partial charge on any atom is 0.418 e. The van der Waals surface area contributed by atoms with Gasteiger partial charge >= 0.3 is 6.18 Å². The summed E-state index contributed by atoms with van der Waals surface area (Å²) in [5.41, 5.74) is 0.0166. The van der Waals surface area contributed by atoms with Gasteiger partial charge in [-0.2, -0.15) is 13.2 Å². The van der Waals surface area contributed by atoms with E-state index in [1.807, 2.05) is 0 Å². The minimum atomic E-state index is -4.33. The second-order valence-corrected chi connectivity index (χ2v) is 4.85. The number of halogens is 6. The van der Waals surface area contributed by atoms with E-state index in [1.54, 1.807) is 22.6 Å². The van der Waals surface area contributed by atoms with Crippen molar-refractivity contribution in [3.05, 3.63) is 31.3 Å². The summed E-state index contributed by atoms with van der Waals surface area (Å²) in [5.74, 6) is 0.201. The monoisotopic (exact) mass is 398 g/mol. The second kappa shape index (κ2) is 4.57. The Labute approximate surface area is 106 Å². The molecule has 6 heteroatoms.